The molecule has 0 saturated heterocycles. The molecule has 0 fully saturated rings. The number of methoxy groups -OCH3 is 1. The molecular formula is C16H16F3NO. The van der Waals surface area contributed by atoms with Crippen LogP contribution in [0.2, 0.25) is 0 Å². The lowest BCUT2D eigenvalue weighted by Crippen LogP contribution is -2.23. The van der Waals surface area contributed by atoms with E-state index in [1.54, 1.807) is 12.1 Å². The number of halogens is 3. The van der Waals surface area contributed by atoms with E-state index < -0.39 is 23.5 Å². The Kier molecular flexibility index (Phi) is 4.85. The Labute approximate surface area is 121 Å². The van der Waals surface area contributed by atoms with Crippen LogP contribution in [0.1, 0.15) is 24.1 Å². The van der Waals surface area contributed by atoms with Crippen LogP contribution >= 0.6 is 0 Å². The molecule has 0 amide bonds. The van der Waals surface area contributed by atoms with Crippen LogP contribution in [0.25, 0.3) is 0 Å². The van der Waals surface area contributed by atoms with Crippen LogP contribution in [0.5, 0.6) is 5.75 Å². The lowest BCUT2D eigenvalue weighted by molar-refractivity contribution is 0.381. The van der Waals surface area contributed by atoms with Gasteiger partial charge in [0.1, 0.15) is 0 Å². The van der Waals surface area contributed by atoms with Gasteiger partial charge in [-0.15, -0.1) is 0 Å². The summed E-state index contributed by atoms with van der Waals surface area (Å²) < 4.78 is 45.8. The Morgan fingerprint density at radius 3 is 2.48 bits per heavy atom. The second kappa shape index (κ2) is 6.63. The first kappa shape index (κ1) is 15.4. The Balaban J connectivity index is 2.50. The van der Waals surface area contributed by atoms with Crippen molar-refractivity contribution in [3.63, 3.8) is 0 Å². The third kappa shape index (κ3) is 3.19. The average molecular weight is 295 g/mol. The van der Waals surface area contributed by atoms with E-state index in [0.717, 1.165) is 12.1 Å². The standard InChI is InChI=1S/C16H16F3NO/c1-3-20-16(10-7-8-12(17)13(18)9-10)11-5-4-6-14(21-2)15(11)19/h4-9,16,20H,3H2,1-2H3. The van der Waals surface area contributed by atoms with Crippen molar-refractivity contribution in [3.05, 3.63) is 65.0 Å². The van der Waals surface area contributed by atoms with Gasteiger partial charge in [0.05, 0.1) is 13.2 Å². The molecule has 1 atom stereocenters. The zero-order valence-electron chi connectivity index (χ0n) is 11.8. The molecule has 2 aromatic carbocycles. The molecule has 0 radical (unpaired) electrons. The molecule has 0 aliphatic carbocycles. The molecule has 21 heavy (non-hydrogen) atoms. The fraction of sp³-hybridized carbons (Fsp3) is 0.250. The van der Waals surface area contributed by atoms with Gasteiger partial charge in [0.2, 0.25) is 0 Å². The molecule has 1 unspecified atom stereocenters. The third-order valence-corrected chi connectivity index (χ3v) is 3.21. The van der Waals surface area contributed by atoms with Crippen LogP contribution in [-0.4, -0.2) is 13.7 Å². The van der Waals surface area contributed by atoms with Crippen molar-refractivity contribution >= 4 is 0 Å². The Hall–Kier alpha value is -2.01. The predicted molar refractivity (Wildman–Crippen MR) is 74.8 cm³/mol. The van der Waals surface area contributed by atoms with E-state index in [9.17, 15) is 13.2 Å². The molecule has 112 valence electrons. The van der Waals surface area contributed by atoms with E-state index in [1.807, 2.05) is 6.92 Å². The Morgan fingerprint density at radius 1 is 1.10 bits per heavy atom. The maximum absolute atomic E-state index is 14.4. The second-order valence-electron chi connectivity index (χ2n) is 4.53. The van der Waals surface area contributed by atoms with Crippen LogP contribution < -0.4 is 10.1 Å². The highest BCUT2D eigenvalue weighted by Crippen LogP contribution is 2.29. The van der Waals surface area contributed by atoms with Crippen LogP contribution in [0, 0.1) is 17.5 Å². The van der Waals surface area contributed by atoms with Crippen LogP contribution in [-0.2, 0) is 0 Å². The van der Waals surface area contributed by atoms with Gasteiger partial charge in [-0.05, 0) is 30.3 Å². The summed E-state index contributed by atoms with van der Waals surface area (Å²) in [7, 11) is 1.38. The molecule has 0 aliphatic heterocycles. The summed E-state index contributed by atoms with van der Waals surface area (Å²) in [4.78, 5) is 0. The van der Waals surface area contributed by atoms with Crippen molar-refractivity contribution in [2.45, 2.75) is 13.0 Å². The van der Waals surface area contributed by atoms with E-state index in [2.05, 4.69) is 5.32 Å². The van der Waals surface area contributed by atoms with E-state index in [0.29, 0.717) is 17.7 Å². The van der Waals surface area contributed by atoms with Crippen molar-refractivity contribution in [1.29, 1.82) is 0 Å². The minimum Gasteiger partial charge on any atom is -0.494 e. The lowest BCUT2D eigenvalue weighted by atomic mass is 9.97. The number of nitrogens with one attached hydrogen (secondary N) is 1. The maximum Gasteiger partial charge on any atom is 0.170 e. The molecule has 2 aromatic rings. The van der Waals surface area contributed by atoms with Crippen LogP contribution in [0.15, 0.2) is 36.4 Å². The Morgan fingerprint density at radius 2 is 1.86 bits per heavy atom. The molecule has 0 spiro atoms. The van der Waals surface area contributed by atoms with E-state index >= 15 is 0 Å². The predicted octanol–water partition coefficient (Wildman–Crippen LogP) is 3.81. The van der Waals surface area contributed by atoms with Gasteiger partial charge in [-0.2, -0.15) is 0 Å². The zero-order chi connectivity index (χ0) is 15.4. The van der Waals surface area contributed by atoms with Crippen LogP contribution in [0.4, 0.5) is 13.2 Å². The van der Waals surface area contributed by atoms with Crippen molar-refractivity contribution < 1.29 is 17.9 Å². The minimum atomic E-state index is -0.960. The zero-order valence-corrected chi connectivity index (χ0v) is 11.8. The van der Waals surface area contributed by atoms with Crippen molar-refractivity contribution in [2.75, 3.05) is 13.7 Å². The van der Waals surface area contributed by atoms with E-state index in [1.165, 1.54) is 19.2 Å². The summed E-state index contributed by atoms with van der Waals surface area (Å²) in [5.41, 5.74) is 0.769. The van der Waals surface area contributed by atoms with Crippen molar-refractivity contribution in [1.82, 2.24) is 5.32 Å². The smallest absolute Gasteiger partial charge is 0.170 e. The fourth-order valence-corrected chi connectivity index (χ4v) is 2.21. The normalized spacial score (nSPS) is 12.2. The summed E-state index contributed by atoms with van der Waals surface area (Å²) >= 11 is 0. The molecular weight excluding hydrogens is 279 g/mol. The topological polar surface area (TPSA) is 21.3 Å². The van der Waals surface area contributed by atoms with Gasteiger partial charge in [0, 0.05) is 5.56 Å². The highest BCUT2D eigenvalue weighted by atomic mass is 19.2. The minimum absolute atomic E-state index is 0.109. The first-order valence-corrected chi connectivity index (χ1v) is 6.59. The number of benzene rings is 2. The largest absolute Gasteiger partial charge is 0.494 e. The first-order valence-electron chi connectivity index (χ1n) is 6.59. The highest BCUT2D eigenvalue weighted by molar-refractivity contribution is 5.38. The lowest BCUT2D eigenvalue weighted by Gasteiger charge is -2.20. The first-order chi connectivity index (χ1) is 10.1. The van der Waals surface area contributed by atoms with Gasteiger partial charge in [-0.1, -0.05) is 25.1 Å². The quantitative estimate of drug-likeness (QED) is 0.905. The van der Waals surface area contributed by atoms with E-state index in [-0.39, 0.29) is 5.75 Å². The molecule has 0 bridgehead atoms. The van der Waals surface area contributed by atoms with Gasteiger partial charge in [-0.25, -0.2) is 13.2 Å². The van der Waals surface area contributed by atoms with Gasteiger partial charge in [-0.3, -0.25) is 0 Å². The van der Waals surface area contributed by atoms with Crippen LogP contribution in [0.3, 0.4) is 0 Å². The summed E-state index contributed by atoms with van der Waals surface area (Å²) in [5.74, 6) is -2.30. The number of hydrogen-bond acceptors (Lipinski definition) is 2. The van der Waals surface area contributed by atoms with Gasteiger partial charge in [0.25, 0.3) is 0 Å². The molecule has 0 aliphatic rings. The Bertz CT molecular complexity index is 631. The molecule has 2 nitrogen and oxygen atoms in total. The molecule has 0 aromatic heterocycles. The highest BCUT2D eigenvalue weighted by Gasteiger charge is 2.20. The third-order valence-electron chi connectivity index (χ3n) is 3.21. The van der Waals surface area contributed by atoms with Gasteiger partial charge < -0.3 is 10.1 Å². The SMILES string of the molecule is CCNC(c1ccc(F)c(F)c1)c1cccc(OC)c1F. The van der Waals surface area contributed by atoms with E-state index in [4.69, 9.17) is 4.74 Å². The molecule has 0 heterocycles. The molecule has 5 heteroatoms. The fourth-order valence-electron chi connectivity index (χ4n) is 2.21. The molecule has 0 saturated carbocycles. The summed E-state index contributed by atoms with van der Waals surface area (Å²) in [6.07, 6.45) is 0. The second-order valence-corrected chi connectivity index (χ2v) is 4.53. The summed E-state index contributed by atoms with van der Waals surface area (Å²) in [5, 5.41) is 3.07. The molecule has 2 rings (SSSR count). The van der Waals surface area contributed by atoms with Gasteiger partial charge >= 0.3 is 0 Å². The monoisotopic (exact) mass is 295 g/mol. The molecule has 1 N–H and O–H groups in total. The summed E-state index contributed by atoms with van der Waals surface area (Å²) in [6.45, 7) is 2.39. The van der Waals surface area contributed by atoms with Gasteiger partial charge in [0.15, 0.2) is 23.2 Å². The van der Waals surface area contributed by atoms with Crippen molar-refractivity contribution in [3.8, 4) is 5.75 Å². The summed E-state index contributed by atoms with van der Waals surface area (Å²) in [6, 6.07) is 7.71. The number of ether oxygens (including phenoxy) is 1. The number of hydrogen-bond donors (Lipinski definition) is 1. The van der Waals surface area contributed by atoms with Crippen molar-refractivity contribution in [2.24, 2.45) is 0 Å². The maximum atomic E-state index is 14.4. The number of rotatable bonds is 5. The average Bonchev–Trinajstić information content (AvgIpc) is 2.48.